The molecule has 2 N–H and O–H groups in total. The molecule has 20 heavy (non-hydrogen) atoms. The molecule has 1 unspecified atom stereocenters. The SMILES string of the molecule is CCCNc1cnc(C(=O)NC(C)CCC(C)C)cn1. The van der Waals surface area contributed by atoms with Gasteiger partial charge >= 0.3 is 0 Å². The van der Waals surface area contributed by atoms with E-state index in [4.69, 9.17) is 0 Å². The number of nitrogens with zero attached hydrogens (tertiary/aromatic N) is 2. The largest absolute Gasteiger partial charge is 0.369 e. The zero-order chi connectivity index (χ0) is 15.0. The van der Waals surface area contributed by atoms with E-state index in [9.17, 15) is 4.79 Å². The number of hydrogen-bond acceptors (Lipinski definition) is 4. The van der Waals surface area contributed by atoms with E-state index in [-0.39, 0.29) is 11.9 Å². The van der Waals surface area contributed by atoms with Crippen LogP contribution < -0.4 is 10.6 Å². The molecule has 0 aromatic carbocycles. The molecule has 5 nitrogen and oxygen atoms in total. The molecule has 0 saturated heterocycles. The molecule has 1 heterocycles. The van der Waals surface area contributed by atoms with Crippen molar-refractivity contribution in [1.29, 1.82) is 0 Å². The van der Waals surface area contributed by atoms with Crippen molar-refractivity contribution in [3.05, 3.63) is 18.1 Å². The summed E-state index contributed by atoms with van der Waals surface area (Å²) in [6.45, 7) is 9.32. The number of hydrogen-bond donors (Lipinski definition) is 2. The second-order valence-corrected chi connectivity index (χ2v) is 5.56. The standard InChI is InChI=1S/C15H26N4O/c1-5-8-16-14-10-17-13(9-18-14)15(20)19-12(4)7-6-11(2)3/h9-12H,5-8H2,1-4H3,(H,16,18)(H,19,20). The number of carbonyl (C=O) groups excluding carboxylic acids is 1. The highest BCUT2D eigenvalue weighted by Gasteiger charge is 2.11. The predicted octanol–water partition coefficient (Wildman–Crippen LogP) is 2.85. The highest BCUT2D eigenvalue weighted by Crippen LogP contribution is 2.07. The quantitative estimate of drug-likeness (QED) is 0.767. The van der Waals surface area contributed by atoms with Gasteiger partial charge in [0.15, 0.2) is 0 Å². The topological polar surface area (TPSA) is 66.9 Å². The van der Waals surface area contributed by atoms with Crippen LogP contribution in [0.2, 0.25) is 0 Å². The fourth-order valence-electron chi connectivity index (χ4n) is 1.74. The van der Waals surface area contributed by atoms with Gasteiger partial charge < -0.3 is 10.6 Å². The average Bonchev–Trinajstić information content (AvgIpc) is 2.43. The summed E-state index contributed by atoms with van der Waals surface area (Å²) in [4.78, 5) is 20.3. The summed E-state index contributed by atoms with van der Waals surface area (Å²) >= 11 is 0. The van der Waals surface area contributed by atoms with E-state index in [1.165, 1.54) is 6.20 Å². The van der Waals surface area contributed by atoms with Crippen LogP contribution >= 0.6 is 0 Å². The van der Waals surface area contributed by atoms with Crippen molar-refractivity contribution in [2.24, 2.45) is 5.92 Å². The molecule has 1 aromatic rings. The molecule has 1 rings (SSSR count). The summed E-state index contributed by atoms with van der Waals surface area (Å²) in [6, 6.07) is 0.157. The maximum atomic E-state index is 12.0. The third-order valence-electron chi connectivity index (χ3n) is 3.00. The Labute approximate surface area is 121 Å². The summed E-state index contributed by atoms with van der Waals surface area (Å²) in [7, 11) is 0. The lowest BCUT2D eigenvalue weighted by atomic mass is 10.0. The molecule has 0 aliphatic heterocycles. The third-order valence-corrected chi connectivity index (χ3v) is 3.00. The number of anilines is 1. The number of nitrogens with one attached hydrogen (secondary N) is 2. The first-order valence-corrected chi connectivity index (χ1v) is 7.39. The number of carbonyl (C=O) groups is 1. The molecule has 5 heteroatoms. The van der Waals surface area contributed by atoms with E-state index in [2.05, 4.69) is 41.4 Å². The van der Waals surface area contributed by atoms with Gasteiger partial charge in [0.05, 0.1) is 12.4 Å². The van der Waals surface area contributed by atoms with Crippen molar-refractivity contribution >= 4 is 11.7 Å². The van der Waals surface area contributed by atoms with Gasteiger partial charge in [-0.25, -0.2) is 9.97 Å². The van der Waals surface area contributed by atoms with Gasteiger partial charge in [-0.15, -0.1) is 0 Å². The first-order valence-electron chi connectivity index (χ1n) is 7.39. The molecule has 0 aliphatic rings. The molecule has 0 spiro atoms. The first kappa shape index (κ1) is 16.4. The summed E-state index contributed by atoms with van der Waals surface area (Å²) in [5.74, 6) is 1.20. The maximum Gasteiger partial charge on any atom is 0.271 e. The van der Waals surface area contributed by atoms with E-state index in [0.717, 1.165) is 25.8 Å². The van der Waals surface area contributed by atoms with Gasteiger partial charge in [-0.2, -0.15) is 0 Å². The van der Waals surface area contributed by atoms with Crippen LogP contribution in [0.1, 0.15) is 57.4 Å². The number of aromatic nitrogens is 2. The normalized spacial score (nSPS) is 12.2. The van der Waals surface area contributed by atoms with Crippen LogP contribution in [0.3, 0.4) is 0 Å². The molecule has 0 fully saturated rings. The van der Waals surface area contributed by atoms with Gasteiger partial charge in [-0.3, -0.25) is 4.79 Å². The Balaban J connectivity index is 2.46. The molecule has 1 aromatic heterocycles. The van der Waals surface area contributed by atoms with Crippen molar-refractivity contribution in [2.75, 3.05) is 11.9 Å². The van der Waals surface area contributed by atoms with Crippen molar-refractivity contribution in [2.45, 2.75) is 53.0 Å². The van der Waals surface area contributed by atoms with E-state index in [0.29, 0.717) is 17.4 Å². The summed E-state index contributed by atoms with van der Waals surface area (Å²) < 4.78 is 0. The van der Waals surface area contributed by atoms with Gasteiger partial charge in [0.2, 0.25) is 0 Å². The Bertz CT molecular complexity index is 403. The van der Waals surface area contributed by atoms with Crippen molar-refractivity contribution in [3.8, 4) is 0 Å². The number of amides is 1. The van der Waals surface area contributed by atoms with E-state index >= 15 is 0 Å². The molecule has 0 saturated carbocycles. The molecule has 1 atom stereocenters. The molecule has 0 aliphatic carbocycles. The predicted molar refractivity (Wildman–Crippen MR) is 81.8 cm³/mol. The minimum Gasteiger partial charge on any atom is -0.369 e. The van der Waals surface area contributed by atoms with E-state index in [1.807, 2.05) is 6.92 Å². The third kappa shape index (κ3) is 5.99. The lowest BCUT2D eigenvalue weighted by Gasteiger charge is -2.14. The van der Waals surface area contributed by atoms with Crippen LogP contribution in [0.5, 0.6) is 0 Å². The van der Waals surface area contributed by atoms with Crippen LogP contribution in [-0.4, -0.2) is 28.5 Å². The minimum atomic E-state index is -0.157. The molecule has 1 amide bonds. The first-order chi connectivity index (χ1) is 9.52. The second kappa shape index (κ2) is 8.51. The van der Waals surface area contributed by atoms with Crippen molar-refractivity contribution < 1.29 is 4.79 Å². The number of rotatable bonds is 8. The Morgan fingerprint density at radius 3 is 2.50 bits per heavy atom. The smallest absolute Gasteiger partial charge is 0.271 e. The Morgan fingerprint density at radius 2 is 1.95 bits per heavy atom. The summed E-state index contributed by atoms with van der Waals surface area (Å²) in [5.41, 5.74) is 0.364. The molecular formula is C15H26N4O. The zero-order valence-corrected chi connectivity index (χ0v) is 12.9. The average molecular weight is 278 g/mol. The van der Waals surface area contributed by atoms with Gasteiger partial charge in [-0.05, 0) is 32.1 Å². The van der Waals surface area contributed by atoms with Crippen molar-refractivity contribution in [3.63, 3.8) is 0 Å². The lowest BCUT2D eigenvalue weighted by molar-refractivity contribution is 0.0932. The Morgan fingerprint density at radius 1 is 1.20 bits per heavy atom. The minimum absolute atomic E-state index is 0.157. The Kier molecular flexibility index (Phi) is 6.98. The van der Waals surface area contributed by atoms with Crippen molar-refractivity contribution in [1.82, 2.24) is 15.3 Å². The van der Waals surface area contributed by atoms with E-state index in [1.54, 1.807) is 6.20 Å². The van der Waals surface area contributed by atoms with Crippen LogP contribution in [-0.2, 0) is 0 Å². The molecular weight excluding hydrogens is 252 g/mol. The van der Waals surface area contributed by atoms with Crippen LogP contribution in [0, 0.1) is 5.92 Å². The van der Waals surface area contributed by atoms with E-state index < -0.39 is 0 Å². The monoisotopic (exact) mass is 278 g/mol. The molecule has 0 bridgehead atoms. The fourth-order valence-corrected chi connectivity index (χ4v) is 1.74. The van der Waals surface area contributed by atoms with Crippen LogP contribution in [0.25, 0.3) is 0 Å². The lowest BCUT2D eigenvalue weighted by Crippen LogP contribution is -2.33. The maximum absolute atomic E-state index is 12.0. The highest BCUT2D eigenvalue weighted by molar-refractivity contribution is 5.92. The second-order valence-electron chi connectivity index (χ2n) is 5.56. The molecule has 112 valence electrons. The van der Waals surface area contributed by atoms with Gasteiger partial charge in [0, 0.05) is 12.6 Å². The summed E-state index contributed by atoms with van der Waals surface area (Å²) in [5, 5.41) is 6.08. The van der Waals surface area contributed by atoms with Crippen LogP contribution in [0.4, 0.5) is 5.82 Å². The summed E-state index contributed by atoms with van der Waals surface area (Å²) in [6.07, 6.45) is 6.23. The zero-order valence-electron chi connectivity index (χ0n) is 12.9. The Hall–Kier alpha value is -1.65. The highest BCUT2D eigenvalue weighted by atomic mass is 16.1. The van der Waals surface area contributed by atoms with Gasteiger partial charge in [-0.1, -0.05) is 20.8 Å². The van der Waals surface area contributed by atoms with Gasteiger partial charge in [0.25, 0.3) is 5.91 Å². The fraction of sp³-hybridized carbons (Fsp3) is 0.667. The van der Waals surface area contributed by atoms with Crippen LogP contribution in [0.15, 0.2) is 12.4 Å². The molecule has 0 radical (unpaired) electrons. The van der Waals surface area contributed by atoms with Gasteiger partial charge in [0.1, 0.15) is 11.5 Å².